The third-order valence-electron chi connectivity index (χ3n) is 10.4. The molecule has 7 rings (SSSR count). The first-order valence-corrected chi connectivity index (χ1v) is 17.6. The summed E-state index contributed by atoms with van der Waals surface area (Å²) in [6, 6.07) is 21.5. The number of fused-ring (bicyclic) bond motifs is 5. The zero-order valence-electron chi connectivity index (χ0n) is 29.2. The Balaban J connectivity index is 1.41. The summed E-state index contributed by atoms with van der Waals surface area (Å²) in [6.45, 7) is 8.03. The second kappa shape index (κ2) is 12.7. The van der Waals surface area contributed by atoms with E-state index in [1.807, 2.05) is 82.3 Å². The molecule has 2 aliphatic heterocycles. The second-order valence-electron chi connectivity index (χ2n) is 15.3. The molecule has 0 N–H and O–H groups in total. The van der Waals surface area contributed by atoms with Crippen molar-refractivity contribution in [3.05, 3.63) is 89.0 Å². The lowest BCUT2D eigenvalue weighted by Crippen LogP contribution is -2.50. The molecule has 8 heteroatoms. The highest BCUT2D eigenvalue weighted by atomic mass is 16.6. The van der Waals surface area contributed by atoms with E-state index in [2.05, 4.69) is 16.7 Å². The molecule has 0 radical (unpaired) electrons. The molecule has 3 aliphatic rings. The van der Waals surface area contributed by atoms with Gasteiger partial charge < -0.3 is 18.8 Å². The minimum Gasteiger partial charge on any atom is -0.497 e. The molecule has 3 aromatic carbocycles. The minimum atomic E-state index is -1.03. The van der Waals surface area contributed by atoms with Crippen LogP contribution in [0.1, 0.15) is 92.8 Å². The zero-order valence-corrected chi connectivity index (χ0v) is 29.2. The van der Waals surface area contributed by atoms with E-state index in [1.54, 1.807) is 7.11 Å². The molecule has 2 fully saturated rings. The molecule has 0 bridgehead atoms. The highest BCUT2D eigenvalue weighted by Gasteiger charge is 2.48. The number of cyclic esters (lactones) is 1. The van der Waals surface area contributed by atoms with E-state index in [1.165, 1.54) is 16.9 Å². The molecule has 1 saturated carbocycles. The van der Waals surface area contributed by atoms with Gasteiger partial charge in [-0.2, -0.15) is 0 Å². The molecular weight excluding hydrogens is 616 g/mol. The van der Waals surface area contributed by atoms with Crippen molar-refractivity contribution in [2.75, 3.05) is 13.7 Å². The number of hydrogen-bond acceptors (Lipinski definition) is 6. The Labute approximate surface area is 288 Å². The number of methoxy groups -OCH3 is 1. The SMILES string of the molecule is COc1ccc2c(c1)C[C@](C)(C(=O)N1C(=O)OCC1Cc1ccccc1)Cn1c-2c(C2CCCCC2)c2ccc(C(=O)OC(C)(C)C)cc21. The Kier molecular flexibility index (Phi) is 8.54. The van der Waals surface area contributed by atoms with Crippen LogP contribution in [-0.2, 0) is 33.7 Å². The maximum absolute atomic E-state index is 14.9. The molecule has 1 saturated heterocycles. The Morgan fingerprint density at radius 1 is 0.980 bits per heavy atom. The van der Waals surface area contributed by atoms with Crippen LogP contribution in [0.2, 0.25) is 0 Å². The summed E-state index contributed by atoms with van der Waals surface area (Å²) in [5, 5.41) is 1.09. The average Bonchev–Trinajstić information content (AvgIpc) is 3.55. The quantitative estimate of drug-likeness (QED) is 0.193. The van der Waals surface area contributed by atoms with E-state index in [0.29, 0.717) is 36.6 Å². The number of ether oxygens (including phenoxy) is 3. The number of nitrogens with zero attached hydrogens (tertiary/aromatic N) is 2. The Hall–Kier alpha value is -4.59. The summed E-state index contributed by atoms with van der Waals surface area (Å²) in [4.78, 5) is 43.0. The first kappa shape index (κ1) is 32.9. The van der Waals surface area contributed by atoms with Crippen molar-refractivity contribution in [2.24, 2.45) is 5.41 Å². The van der Waals surface area contributed by atoms with Crippen LogP contribution in [0.4, 0.5) is 4.79 Å². The van der Waals surface area contributed by atoms with Gasteiger partial charge in [0.2, 0.25) is 5.91 Å². The smallest absolute Gasteiger partial charge is 0.417 e. The van der Waals surface area contributed by atoms with Crippen LogP contribution in [0.25, 0.3) is 22.2 Å². The number of hydrogen-bond donors (Lipinski definition) is 0. The Bertz CT molecular complexity index is 1920. The van der Waals surface area contributed by atoms with Gasteiger partial charge in [-0.3, -0.25) is 4.79 Å². The number of benzene rings is 3. The number of amides is 2. The molecule has 1 aromatic heterocycles. The Morgan fingerprint density at radius 2 is 1.73 bits per heavy atom. The van der Waals surface area contributed by atoms with Crippen molar-refractivity contribution in [3.63, 3.8) is 0 Å². The van der Waals surface area contributed by atoms with Gasteiger partial charge in [-0.05, 0) is 106 Å². The van der Waals surface area contributed by atoms with Crippen molar-refractivity contribution < 1.29 is 28.6 Å². The fourth-order valence-electron chi connectivity index (χ4n) is 8.18. The van der Waals surface area contributed by atoms with Gasteiger partial charge in [0.15, 0.2) is 0 Å². The summed E-state index contributed by atoms with van der Waals surface area (Å²) in [6.07, 6.45) is 6.04. The van der Waals surface area contributed by atoms with E-state index in [4.69, 9.17) is 14.2 Å². The monoisotopic (exact) mass is 662 g/mol. The van der Waals surface area contributed by atoms with Gasteiger partial charge in [0.1, 0.15) is 18.0 Å². The van der Waals surface area contributed by atoms with Crippen LogP contribution in [-0.4, -0.2) is 52.8 Å². The number of carbonyl (C=O) groups excluding carboxylic acids is 3. The third-order valence-corrected chi connectivity index (χ3v) is 10.4. The topological polar surface area (TPSA) is 87.1 Å². The van der Waals surface area contributed by atoms with Gasteiger partial charge in [-0.1, -0.05) is 55.7 Å². The summed E-state index contributed by atoms with van der Waals surface area (Å²) in [5.74, 6) is 0.415. The van der Waals surface area contributed by atoms with E-state index < -0.39 is 23.2 Å². The molecule has 3 heterocycles. The molecule has 256 valence electrons. The summed E-state index contributed by atoms with van der Waals surface area (Å²) in [5.41, 5.74) is 5.14. The molecule has 8 nitrogen and oxygen atoms in total. The predicted octanol–water partition coefficient (Wildman–Crippen LogP) is 8.47. The summed E-state index contributed by atoms with van der Waals surface area (Å²) >= 11 is 0. The first-order valence-electron chi connectivity index (χ1n) is 17.6. The first-order chi connectivity index (χ1) is 23.5. The van der Waals surface area contributed by atoms with Gasteiger partial charge in [-0.25, -0.2) is 14.5 Å². The Morgan fingerprint density at radius 3 is 2.45 bits per heavy atom. The zero-order chi connectivity index (χ0) is 34.5. The maximum Gasteiger partial charge on any atom is 0.417 e. The average molecular weight is 663 g/mol. The molecule has 2 atom stereocenters. The van der Waals surface area contributed by atoms with Crippen molar-refractivity contribution >= 4 is 28.9 Å². The third kappa shape index (κ3) is 6.22. The number of imide groups is 1. The molecule has 49 heavy (non-hydrogen) atoms. The van der Waals surface area contributed by atoms with Crippen molar-refractivity contribution in [1.82, 2.24) is 9.47 Å². The molecule has 2 amide bonds. The van der Waals surface area contributed by atoms with Gasteiger partial charge in [0.05, 0.1) is 29.8 Å². The fraction of sp³-hybridized carbons (Fsp3) is 0.439. The van der Waals surface area contributed by atoms with Crippen molar-refractivity contribution in [2.45, 2.75) is 96.7 Å². The lowest BCUT2D eigenvalue weighted by molar-refractivity contribution is -0.139. The van der Waals surface area contributed by atoms with Crippen LogP contribution in [0.5, 0.6) is 5.75 Å². The lowest BCUT2D eigenvalue weighted by atomic mass is 9.79. The van der Waals surface area contributed by atoms with Crippen molar-refractivity contribution in [3.8, 4) is 17.0 Å². The highest BCUT2D eigenvalue weighted by molar-refractivity contribution is 6.01. The molecule has 4 aromatic rings. The lowest BCUT2D eigenvalue weighted by Gasteiger charge is -2.33. The van der Waals surface area contributed by atoms with Gasteiger partial charge in [0, 0.05) is 23.0 Å². The maximum atomic E-state index is 14.9. The number of esters is 1. The van der Waals surface area contributed by atoms with Crippen LogP contribution < -0.4 is 4.74 Å². The van der Waals surface area contributed by atoms with E-state index in [-0.39, 0.29) is 18.5 Å². The van der Waals surface area contributed by atoms with Gasteiger partial charge >= 0.3 is 12.1 Å². The van der Waals surface area contributed by atoms with Crippen molar-refractivity contribution in [1.29, 1.82) is 0 Å². The van der Waals surface area contributed by atoms with Crippen LogP contribution in [0.3, 0.4) is 0 Å². The number of carbonyl (C=O) groups is 3. The van der Waals surface area contributed by atoms with Crippen LogP contribution >= 0.6 is 0 Å². The predicted molar refractivity (Wildman–Crippen MR) is 189 cm³/mol. The van der Waals surface area contributed by atoms with Crippen LogP contribution in [0.15, 0.2) is 66.7 Å². The fourth-order valence-corrected chi connectivity index (χ4v) is 8.18. The van der Waals surface area contributed by atoms with Gasteiger partial charge in [-0.15, -0.1) is 0 Å². The summed E-state index contributed by atoms with van der Waals surface area (Å²) in [7, 11) is 1.65. The van der Waals surface area contributed by atoms with Crippen LogP contribution in [0, 0.1) is 5.41 Å². The normalized spacial score (nSPS) is 21.1. The second-order valence-corrected chi connectivity index (χ2v) is 15.3. The molecule has 1 unspecified atom stereocenters. The molecule has 1 aliphatic carbocycles. The van der Waals surface area contributed by atoms with E-state index in [0.717, 1.165) is 59.0 Å². The molecule has 0 spiro atoms. The van der Waals surface area contributed by atoms with Gasteiger partial charge in [0.25, 0.3) is 0 Å². The minimum absolute atomic E-state index is 0.155. The highest BCUT2D eigenvalue weighted by Crippen LogP contribution is 2.49. The largest absolute Gasteiger partial charge is 0.497 e. The standard InChI is InChI=1S/C41H46N2O6/c1-40(2,3)49-37(44)28-16-18-33-34(22-28)42-25-41(4,38(45)43-30(24-48-39(43)46)20-26-12-8-6-9-13-26)23-29-21-31(47-5)17-19-32(29)36(42)35(33)27-14-10-7-11-15-27/h6,8-9,12-13,16-19,21-22,27,30H,7,10-11,14-15,20,23-25H2,1-5H3/t30?,41-/m0/s1. The van der Waals surface area contributed by atoms with E-state index in [9.17, 15) is 14.4 Å². The molecular formula is C41H46N2O6. The van der Waals surface area contributed by atoms with E-state index >= 15 is 0 Å². The summed E-state index contributed by atoms with van der Waals surface area (Å²) < 4.78 is 19.3. The number of rotatable bonds is 6. The number of aromatic nitrogens is 1.